The molecule has 5 saturated heterocycles. The van der Waals surface area contributed by atoms with Crippen LogP contribution in [0.15, 0.2) is 11.6 Å². The van der Waals surface area contributed by atoms with Crippen molar-refractivity contribution < 1.29 is 114 Å². The molecule has 10 unspecified atom stereocenters. The second-order valence-corrected chi connectivity index (χ2v) is 23.8. The SMILES string of the molecule is CC1O[C@@H](O[C@H]2C(O)[C@H](O[C@@H]3OC(CO)[C@@H](O)C(O)[C@@H]3O)C(CO)O[C@H]2O[C@H]2CC[C@@]3(C)C(=CC[C@H]4[C@@H]5CC6OC(O)(CC[C@@H](C)CO[C@@H]7OC(CO)[C@@H](O)C(O)[C@@H]7O)[C@@H](C)[C@@H]6[C@@]5(C)CC[C@@H]43)C2)[C@@H](O)C(O)[C@H]1O. The van der Waals surface area contributed by atoms with Crippen LogP contribution < -0.4 is 0 Å². The first-order chi connectivity index (χ1) is 35.0. The largest absolute Gasteiger partial charge is 0.394 e. The molecule has 0 aromatic rings. The van der Waals surface area contributed by atoms with Crippen molar-refractivity contribution in [3.8, 4) is 0 Å². The standard InChI is InChI=1S/C51H84O23/c1-20(19-66-45-39(61)37(59)34(56)29(16-52)69-45)8-13-51(65)21(2)32-28(74-51)15-27-25-7-6-23-14-24(9-11-49(23,4)26(25)10-12-50(27,32)5)68-48-44(73-46-40(62)36(58)33(55)22(3)67-46)42(64)43(31(18-54)71-48)72-47-41(63)38(60)35(57)30(17-53)70-47/h6,20-22,24-48,52-65H,7-19H2,1-5H3/t20-,21+,22?,24+,25-,26+,27+,28?,29?,30?,31?,32+,33+,34-,35-,36?,37?,38?,39+,40+,41+,42?,43-,44+,45-,46+,47+,48-,49+,50+,51?/m1/s1. The van der Waals surface area contributed by atoms with Gasteiger partial charge in [0, 0.05) is 12.3 Å². The van der Waals surface area contributed by atoms with Gasteiger partial charge in [0.15, 0.2) is 30.9 Å². The summed E-state index contributed by atoms with van der Waals surface area (Å²) in [6.45, 7) is 8.35. The second kappa shape index (κ2) is 22.4. The molecule has 0 aromatic carbocycles. The van der Waals surface area contributed by atoms with E-state index in [0.717, 1.165) is 32.1 Å². The van der Waals surface area contributed by atoms with Crippen LogP contribution in [0.25, 0.3) is 0 Å². The smallest absolute Gasteiger partial charge is 0.187 e. The third-order valence-electron chi connectivity index (χ3n) is 19.5. The van der Waals surface area contributed by atoms with Crippen molar-refractivity contribution in [2.45, 2.75) is 233 Å². The molecule has 426 valence electrons. The average molecular weight is 1070 g/mol. The highest BCUT2D eigenvalue weighted by molar-refractivity contribution is 5.26. The van der Waals surface area contributed by atoms with Gasteiger partial charge in [-0.2, -0.15) is 0 Å². The van der Waals surface area contributed by atoms with Crippen molar-refractivity contribution >= 4 is 0 Å². The van der Waals surface area contributed by atoms with Gasteiger partial charge in [-0.3, -0.25) is 0 Å². The molecule has 8 fully saturated rings. The quantitative estimate of drug-likeness (QED) is 0.0727. The van der Waals surface area contributed by atoms with Crippen LogP contribution in [0.2, 0.25) is 0 Å². The van der Waals surface area contributed by atoms with Crippen LogP contribution in [-0.4, -0.2) is 239 Å². The van der Waals surface area contributed by atoms with E-state index in [2.05, 4.69) is 26.8 Å². The Labute approximate surface area is 430 Å². The number of allylic oxidation sites excluding steroid dienone is 1. The highest BCUT2D eigenvalue weighted by Crippen LogP contribution is 2.70. The van der Waals surface area contributed by atoms with E-state index in [0.29, 0.717) is 43.4 Å². The number of rotatable bonds is 15. The minimum absolute atomic E-state index is 0.0705. The molecular formula is C51H84O23. The Morgan fingerprint density at radius 3 is 1.86 bits per heavy atom. The molecule has 0 spiro atoms. The van der Waals surface area contributed by atoms with Crippen molar-refractivity contribution in [1.29, 1.82) is 0 Å². The van der Waals surface area contributed by atoms with Crippen molar-refractivity contribution in [1.82, 2.24) is 0 Å². The van der Waals surface area contributed by atoms with Crippen LogP contribution in [0, 0.1) is 46.3 Å². The minimum atomic E-state index is -1.85. The third-order valence-corrected chi connectivity index (χ3v) is 19.5. The molecule has 5 heterocycles. The number of aliphatic hydroxyl groups is 14. The van der Waals surface area contributed by atoms with Gasteiger partial charge in [-0.25, -0.2) is 0 Å². The summed E-state index contributed by atoms with van der Waals surface area (Å²) in [6.07, 6.45) is -22.1. The Bertz CT molecular complexity index is 1920. The van der Waals surface area contributed by atoms with Crippen LogP contribution >= 0.6 is 0 Å². The monoisotopic (exact) mass is 1060 g/mol. The van der Waals surface area contributed by atoms with Gasteiger partial charge in [0.25, 0.3) is 0 Å². The molecule has 9 rings (SSSR count). The molecule has 14 N–H and O–H groups in total. The lowest BCUT2D eigenvalue weighted by Gasteiger charge is -2.58. The van der Waals surface area contributed by atoms with Gasteiger partial charge in [0.2, 0.25) is 0 Å². The van der Waals surface area contributed by atoms with Crippen LogP contribution in [-0.2, 0) is 42.6 Å². The Kier molecular flexibility index (Phi) is 17.4. The number of ether oxygens (including phenoxy) is 9. The van der Waals surface area contributed by atoms with E-state index in [4.69, 9.17) is 42.6 Å². The van der Waals surface area contributed by atoms with Gasteiger partial charge in [-0.15, -0.1) is 0 Å². The van der Waals surface area contributed by atoms with Gasteiger partial charge in [0.1, 0.15) is 91.6 Å². The lowest BCUT2D eigenvalue weighted by atomic mass is 9.47. The maximum Gasteiger partial charge on any atom is 0.187 e. The predicted molar refractivity (Wildman–Crippen MR) is 250 cm³/mol. The molecule has 31 atom stereocenters. The summed E-state index contributed by atoms with van der Waals surface area (Å²) in [5.74, 6) is -0.310. The van der Waals surface area contributed by atoms with Crippen LogP contribution in [0.5, 0.6) is 0 Å². The number of aliphatic hydroxyl groups excluding tert-OH is 13. The summed E-state index contributed by atoms with van der Waals surface area (Å²) < 4.78 is 54.4. The highest BCUT2D eigenvalue weighted by Gasteiger charge is 2.68. The molecule has 9 aliphatic rings. The zero-order valence-electron chi connectivity index (χ0n) is 42.9. The predicted octanol–water partition coefficient (Wildman–Crippen LogP) is -3.01. The van der Waals surface area contributed by atoms with E-state index >= 15 is 0 Å². The molecule has 23 nitrogen and oxygen atoms in total. The van der Waals surface area contributed by atoms with E-state index in [1.54, 1.807) is 0 Å². The summed E-state index contributed by atoms with van der Waals surface area (Å²) in [7, 11) is 0. The molecule has 0 aromatic heterocycles. The van der Waals surface area contributed by atoms with E-state index in [1.807, 2.05) is 6.92 Å². The Balaban J connectivity index is 0.849. The Hall–Kier alpha value is -1.18. The first kappa shape index (κ1) is 57.5. The van der Waals surface area contributed by atoms with Gasteiger partial charge in [-0.1, -0.05) is 39.3 Å². The van der Waals surface area contributed by atoms with Crippen molar-refractivity contribution in [2.75, 3.05) is 26.4 Å². The molecule has 4 aliphatic carbocycles. The minimum Gasteiger partial charge on any atom is -0.394 e. The first-order valence-electron chi connectivity index (χ1n) is 26.9. The lowest BCUT2D eigenvalue weighted by Crippen LogP contribution is -2.67. The number of hydrogen-bond acceptors (Lipinski definition) is 23. The first-order valence-corrected chi connectivity index (χ1v) is 26.9. The summed E-state index contributed by atoms with van der Waals surface area (Å²) in [5.41, 5.74) is 1.02. The molecule has 0 bridgehead atoms. The lowest BCUT2D eigenvalue weighted by molar-refractivity contribution is -0.389. The maximum absolute atomic E-state index is 12.1. The van der Waals surface area contributed by atoms with Gasteiger partial charge < -0.3 is 114 Å². The van der Waals surface area contributed by atoms with Crippen LogP contribution in [0.1, 0.15) is 92.4 Å². The molecule has 74 heavy (non-hydrogen) atoms. The molecule has 3 saturated carbocycles. The fraction of sp³-hybridized carbons (Fsp3) is 0.961. The number of hydrogen-bond donors (Lipinski definition) is 14. The van der Waals surface area contributed by atoms with Crippen molar-refractivity contribution in [3.05, 3.63) is 11.6 Å². The van der Waals surface area contributed by atoms with Gasteiger partial charge in [-0.05, 0) is 98.7 Å². The molecule has 23 heteroatoms. The van der Waals surface area contributed by atoms with E-state index in [9.17, 15) is 71.5 Å². The van der Waals surface area contributed by atoms with Crippen molar-refractivity contribution in [2.24, 2.45) is 46.3 Å². The average Bonchev–Trinajstić information content (AvgIpc) is 3.82. The molecule has 5 aliphatic heterocycles. The normalized spacial score (nSPS) is 54.9. The Morgan fingerprint density at radius 1 is 0.635 bits per heavy atom. The summed E-state index contributed by atoms with van der Waals surface area (Å²) >= 11 is 0. The fourth-order valence-corrected chi connectivity index (χ4v) is 15.0. The summed E-state index contributed by atoms with van der Waals surface area (Å²) in [5, 5.41) is 148. The highest BCUT2D eigenvalue weighted by atomic mass is 16.8. The van der Waals surface area contributed by atoms with Crippen LogP contribution in [0.3, 0.4) is 0 Å². The maximum atomic E-state index is 12.1. The fourth-order valence-electron chi connectivity index (χ4n) is 15.0. The molecule has 0 amide bonds. The topological polar surface area (TPSA) is 366 Å². The summed E-state index contributed by atoms with van der Waals surface area (Å²) in [4.78, 5) is 0. The van der Waals surface area contributed by atoms with Gasteiger partial charge in [0.05, 0.1) is 44.7 Å². The summed E-state index contributed by atoms with van der Waals surface area (Å²) in [6, 6.07) is 0. The molecular weight excluding hydrogens is 981 g/mol. The number of fused-ring (bicyclic) bond motifs is 7. The van der Waals surface area contributed by atoms with E-state index < -0.39 is 155 Å². The zero-order valence-corrected chi connectivity index (χ0v) is 42.9. The Morgan fingerprint density at radius 2 is 1.22 bits per heavy atom. The molecule has 0 radical (unpaired) electrons. The second-order valence-electron chi connectivity index (χ2n) is 23.8. The third kappa shape index (κ3) is 10.2. The van der Waals surface area contributed by atoms with Crippen LogP contribution in [0.4, 0.5) is 0 Å². The van der Waals surface area contributed by atoms with Gasteiger partial charge >= 0.3 is 0 Å². The van der Waals surface area contributed by atoms with E-state index in [-0.39, 0.29) is 41.3 Å². The van der Waals surface area contributed by atoms with E-state index in [1.165, 1.54) is 12.5 Å². The van der Waals surface area contributed by atoms with Crippen molar-refractivity contribution in [3.63, 3.8) is 0 Å². The zero-order chi connectivity index (χ0) is 53.5.